The summed E-state index contributed by atoms with van der Waals surface area (Å²) in [4.78, 5) is 19.9. The molecule has 0 aliphatic carbocycles. The number of hydrogen-bond donors (Lipinski definition) is 0. The highest BCUT2D eigenvalue weighted by atomic mass is 35.5. The van der Waals surface area contributed by atoms with Crippen molar-refractivity contribution in [3.63, 3.8) is 0 Å². The molecule has 0 aromatic carbocycles. The number of halogens is 1. The Bertz CT molecular complexity index is 592. The van der Waals surface area contributed by atoms with Crippen molar-refractivity contribution in [2.24, 2.45) is 0 Å². The van der Waals surface area contributed by atoms with E-state index in [0.29, 0.717) is 11.6 Å². The minimum absolute atomic E-state index is 0.127. The average molecular weight is 296 g/mol. The third kappa shape index (κ3) is 3.37. The molecule has 1 unspecified atom stereocenters. The van der Waals surface area contributed by atoms with Crippen molar-refractivity contribution in [2.75, 3.05) is 0 Å². The van der Waals surface area contributed by atoms with E-state index in [-0.39, 0.29) is 11.7 Å². The summed E-state index contributed by atoms with van der Waals surface area (Å²) in [5.41, 5.74) is 1.68. The van der Waals surface area contributed by atoms with Crippen LogP contribution in [0, 0.1) is 6.92 Å². The zero-order valence-electron chi connectivity index (χ0n) is 12.8. The molecule has 0 N–H and O–H groups in total. The summed E-state index contributed by atoms with van der Waals surface area (Å²) in [6.45, 7) is 9.58. The molecular formula is C15H22ClN3O. The van der Waals surface area contributed by atoms with Crippen LogP contribution in [0.1, 0.15) is 58.0 Å². The van der Waals surface area contributed by atoms with Gasteiger partial charge in [-0.1, -0.05) is 32.4 Å². The maximum atomic E-state index is 11.3. The second kappa shape index (κ2) is 7.39. The Balaban J connectivity index is 0.000000956. The number of hydrogen-bond acceptors (Lipinski definition) is 3. The fourth-order valence-electron chi connectivity index (χ4n) is 2.25. The normalized spacial score (nSPS) is 11.9. The monoisotopic (exact) mass is 295 g/mol. The lowest BCUT2D eigenvalue weighted by atomic mass is 9.99. The third-order valence-electron chi connectivity index (χ3n) is 3.10. The Morgan fingerprint density at radius 1 is 1.45 bits per heavy atom. The topological polar surface area (TPSA) is 47.3 Å². The summed E-state index contributed by atoms with van der Waals surface area (Å²) in [5.74, 6) is 1.20. The van der Waals surface area contributed by atoms with Gasteiger partial charge in [0.1, 0.15) is 17.1 Å². The first-order valence-corrected chi connectivity index (χ1v) is 7.40. The molecule has 2 aromatic heterocycles. The van der Waals surface area contributed by atoms with E-state index in [0.717, 1.165) is 23.5 Å². The lowest BCUT2D eigenvalue weighted by Crippen LogP contribution is -2.07. The SMILES string of the molecule is CC.CCC(CC(C)=O)c1nc(C)c2c(Cl)nccn12. The van der Waals surface area contributed by atoms with Gasteiger partial charge in [-0.05, 0) is 20.3 Å². The zero-order valence-corrected chi connectivity index (χ0v) is 13.5. The fourth-order valence-corrected chi connectivity index (χ4v) is 2.53. The number of rotatable bonds is 4. The van der Waals surface area contributed by atoms with Gasteiger partial charge in [0.05, 0.1) is 5.69 Å². The van der Waals surface area contributed by atoms with Crippen LogP contribution in [0.5, 0.6) is 0 Å². The van der Waals surface area contributed by atoms with Crippen molar-refractivity contribution < 1.29 is 4.79 Å². The van der Waals surface area contributed by atoms with Gasteiger partial charge in [-0.25, -0.2) is 9.97 Å². The van der Waals surface area contributed by atoms with Crippen LogP contribution in [-0.4, -0.2) is 20.2 Å². The standard InChI is InChI=1S/C13H16ClN3O.C2H6/c1-4-10(7-8(2)18)13-16-9(3)11-12(14)15-5-6-17(11)13;1-2/h5-6,10H,4,7H2,1-3H3;1-2H3. The van der Waals surface area contributed by atoms with E-state index in [4.69, 9.17) is 11.6 Å². The predicted molar refractivity (Wildman–Crippen MR) is 82.4 cm³/mol. The van der Waals surface area contributed by atoms with Gasteiger partial charge in [0, 0.05) is 24.7 Å². The molecule has 0 amide bonds. The second-order valence-electron chi connectivity index (χ2n) is 4.50. The quantitative estimate of drug-likeness (QED) is 0.849. The van der Waals surface area contributed by atoms with Crippen LogP contribution in [0.4, 0.5) is 0 Å². The predicted octanol–water partition coefficient (Wildman–Crippen LogP) is 4.19. The molecule has 0 aliphatic rings. The highest BCUT2D eigenvalue weighted by molar-refractivity contribution is 6.32. The van der Waals surface area contributed by atoms with Gasteiger partial charge in [-0.2, -0.15) is 0 Å². The molecule has 0 saturated heterocycles. The molecule has 0 spiro atoms. The highest BCUT2D eigenvalue weighted by Gasteiger charge is 2.20. The van der Waals surface area contributed by atoms with Crippen LogP contribution < -0.4 is 0 Å². The summed E-state index contributed by atoms with van der Waals surface area (Å²) in [5, 5.41) is 0.450. The lowest BCUT2D eigenvalue weighted by molar-refractivity contribution is -0.117. The van der Waals surface area contributed by atoms with Crippen molar-refractivity contribution in [1.82, 2.24) is 14.4 Å². The second-order valence-corrected chi connectivity index (χ2v) is 4.86. The summed E-state index contributed by atoms with van der Waals surface area (Å²) in [6.07, 6.45) is 4.88. The molecular weight excluding hydrogens is 274 g/mol. The number of carbonyl (C=O) groups is 1. The van der Waals surface area contributed by atoms with Crippen LogP contribution in [0.25, 0.3) is 5.52 Å². The van der Waals surface area contributed by atoms with Gasteiger partial charge in [-0.3, -0.25) is 4.40 Å². The van der Waals surface area contributed by atoms with E-state index in [1.54, 1.807) is 13.1 Å². The number of imidazole rings is 1. The molecule has 2 rings (SSSR count). The van der Waals surface area contributed by atoms with Crippen LogP contribution in [0.15, 0.2) is 12.4 Å². The van der Waals surface area contributed by atoms with Gasteiger partial charge in [0.2, 0.25) is 0 Å². The summed E-state index contributed by atoms with van der Waals surface area (Å²) in [6, 6.07) is 0. The van der Waals surface area contributed by atoms with Crippen molar-refractivity contribution in [3.8, 4) is 0 Å². The Labute approximate surface area is 125 Å². The molecule has 0 radical (unpaired) electrons. The van der Waals surface area contributed by atoms with Gasteiger partial charge in [0.15, 0.2) is 5.15 Å². The van der Waals surface area contributed by atoms with Crippen LogP contribution in [0.3, 0.4) is 0 Å². The highest BCUT2D eigenvalue weighted by Crippen LogP contribution is 2.27. The van der Waals surface area contributed by atoms with Crippen LogP contribution in [-0.2, 0) is 4.79 Å². The number of Topliss-reactive ketones (excluding diaryl/α,β-unsaturated/α-hetero) is 1. The lowest BCUT2D eigenvalue weighted by Gasteiger charge is -2.11. The van der Waals surface area contributed by atoms with Gasteiger partial charge in [-0.15, -0.1) is 0 Å². The summed E-state index contributed by atoms with van der Waals surface area (Å²) < 4.78 is 1.95. The molecule has 1 atom stereocenters. The van der Waals surface area contributed by atoms with Crippen LogP contribution >= 0.6 is 11.6 Å². The van der Waals surface area contributed by atoms with Gasteiger partial charge < -0.3 is 4.79 Å². The Hall–Kier alpha value is -1.42. The fraction of sp³-hybridized carbons (Fsp3) is 0.533. The summed E-state index contributed by atoms with van der Waals surface area (Å²) >= 11 is 6.09. The van der Waals surface area contributed by atoms with Gasteiger partial charge >= 0.3 is 0 Å². The van der Waals surface area contributed by atoms with E-state index in [2.05, 4.69) is 16.9 Å². The molecule has 2 heterocycles. The Morgan fingerprint density at radius 3 is 2.65 bits per heavy atom. The molecule has 110 valence electrons. The van der Waals surface area contributed by atoms with E-state index >= 15 is 0 Å². The van der Waals surface area contributed by atoms with Gasteiger partial charge in [0.25, 0.3) is 0 Å². The zero-order chi connectivity index (χ0) is 15.3. The minimum atomic E-state index is 0.127. The minimum Gasteiger partial charge on any atom is -0.300 e. The number of carbonyl (C=O) groups excluding carboxylic acids is 1. The first-order chi connectivity index (χ1) is 9.54. The number of nitrogens with zero attached hydrogens (tertiary/aromatic N) is 3. The Morgan fingerprint density at radius 2 is 2.10 bits per heavy atom. The number of fused-ring (bicyclic) bond motifs is 1. The molecule has 0 fully saturated rings. The molecule has 20 heavy (non-hydrogen) atoms. The van der Waals surface area contributed by atoms with Crippen molar-refractivity contribution in [3.05, 3.63) is 29.1 Å². The summed E-state index contributed by atoms with van der Waals surface area (Å²) in [7, 11) is 0. The molecule has 0 bridgehead atoms. The molecule has 0 saturated carbocycles. The maximum Gasteiger partial charge on any atom is 0.154 e. The first kappa shape index (κ1) is 16.6. The van der Waals surface area contributed by atoms with Crippen molar-refractivity contribution >= 4 is 22.9 Å². The average Bonchev–Trinajstić information content (AvgIpc) is 2.77. The molecule has 4 nitrogen and oxygen atoms in total. The third-order valence-corrected chi connectivity index (χ3v) is 3.38. The number of aromatic nitrogens is 3. The van der Waals surface area contributed by atoms with E-state index in [9.17, 15) is 4.79 Å². The number of ketones is 1. The Kier molecular flexibility index (Phi) is 6.14. The van der Waals surface area contributed by atoms with Crippen molar-refractivity contribution in [2.45, 2.75) is 53.4 Å². The number of aryl methyl sites for hydroxylation is 1. The smallest absolute Gasteiger partial charge is 0.154 e. The van der Waals surface area contributed by atoms with E-state index in [1.165, 1.54) is 0 Å². The maximum absolute atomic E-state index is 11.3. The molecule has 0 aliphatic heterocycles. The molecule has 5 heteroatoms. The van der Waals surface area contributed by atoms with Crippen LogP contribution in [0.2, 0.25) is 5.15 Å². The van der Waals surface area contributed by atoms with E-state index in [1.807, 2.05) is 31.4 Å². The van der Waals surface area contributed by atoms with Crippen molar-refractivity contribution in [1.29, 1.82) is 0 Å². The first-order valence-electron chi connectivity index (χ1n) is 7.03. The van der Waals surface area contributed by atoms with E-state index < -0.39 is 0 Å². The molecule has 2 aromatic rings. The largest absolute Gasteiger partial charge is 0.300 e.